The number of halogens is 3. The molecule has 9 heteroatoms. The first-order valence-corrected chi connectivity index (χ1v) is 9.02. The molecule has 3 heterocycles. The highest BCUT2D eigenvalue weighted by Crippen LogP contribution is 2.56. The van der Waals surface area contributed by atoms with Crippen molar-refractivity contribution in [2.75, 3.05) is 13.3 Å². The molecule has 140 valence electrons. The number of fused-ring (bicyclic) bond motifs is 2. The lowest BCUT2D eigenvalue weighted by Crippen LogP contribution is -2.27. The fourth-order valence-corrected chi connectivity index (χ4v) is 4.27. The van der Waals surface area contributed by atoms with E-state index in [9.17, 15) is 13.6 Å². The van der Waals surface area contributed by atoms with E-state index in [1.807, 2.05) is 0 Å². The summed E-state index contributed by atoms with van der Waals surface area (Å²) in [6.07, 6.45) is 1.01. The molecule has 1 aliphatic heterocycles. The molecule has 1 aromatic carbocycles. The summed E-state index contributed by atoms with van der Waals surface area (Å²) in [5.74, 6) is -0.301. The zero-order valence-electron chi connectivity index (χ0n) is 14.1. The first-order chi connectivity index (χ1) is 13.1. The molecule has 4 atom stereocenters. The molecule has 6 nitrogen and oxygen atoms in total. The van der Waals surface area contributed by atoms with Gasteiger partial charge in [-0.05, 0) is 6.07 Å². The first-order valence-electron chi connectivity index (χ1n) is 8.65. The summed E-state index contributed by atoms with van der Waals surface area (Å²) in [6, 6.07) is 6.14. The summed E-state index contributed by atoms with van der Waals surface area (Å²) >= 11 is 6.34. The Morgan fingerprint density at radius 1 is 1.33 bits per heavy atom. The Hall–Kier alpha value is -2.32. The number of ether oxygens (including phenoxy) is 1. The Balaban J connectivity index is 1.52. The Bertz CT molecular complexity index is 1100. The predicted molar refractivity (Wildman–Crippen MR) is 94.0 cm³/mol. The SMILES string of the molecule is O=c1c2nn(Cc3ccccc3F)c(Cl)c2cnn1[C@@H]1[C@H]2CO[C@H](CF)[C@H]21. The van der Waals surface area contributed by atoms with Gasteiger partial charge in [0.05, 0.1) is 36.9 Å². The quantitative estimate of drug-likeness (QED) is 0.684. The summed E-state index contributed by atoms with van der Waals surface area (Å²) < 4.78 is 35.0. The number of benzene rings is 1. The van der Waals surface area contributed by atoms with E-state index in [-0.39, 0.29) is 46.5 Å². The third kappa shape index (κ3) is 2.50. The van der Waals surface area contributed by atoms with Crippen molar-refractivity contribution >= 4 is 22.5 Å². The lowest BCUT2D eigenvalue weighted by molar-refractivity contribution is 0.0490. The van der Waals surface area contributed by atoms with Crippen LogP contribution >= 0.6 is 11.6 Å². The van der Waals surface area contributed by atoms with Crippen LogP contribution in [0.1, 0.15) is 11.6 Å². The van der Waals surface area contributed by atoms with Crippen LogP contribution in [-0.2, 0) is 11.3 Å². The molecule has 3 aromatic rings. The number of hydrogen-bond acceptors (Lipinski definition) is 4. The summed E-state index contributed by atoms with van der Waals surface area (Å²) in [6.45, 7) is -0.0393. The topological polar surface area (TPSA) is 61.9 Å². The highest BCUT2D eigenvalue weighted by molar-refractivity contribution is 6.34. The smallest absolute Gasteiger partial charge is 0.295 e. The number of rotatable bonds is 4. The monoisotopic (exact) mass is 392 g/mol. The Morgan fingerprint density at radius 2 is 2.15 bits per heavy atom. The van der Waals surface area contributed by atoms with E-state index in [2.05, 4.69) is 10.2 Å². The molecule has 0 unspecified atom stereocenters. The van der Waals surface area contributed by atoms with Gasteiger partial charge in [0, 0.05) is 17.4 Å². The van der Waals surface area contributed by atoms with Crippen LogP contribution in [0, 0.1) is 17.7 Å². The molecule has 27 heavy (non-hydrogen) atoms. The highest BCUT2D eigenvalue weighted by atomic mass is 35.5. The third-order valence-corrected chi connectivity index (χ3v) is 5.88. The molecular weight excluding hydrogens is 378 g/mol. The average molecular weight is 393 g/mol. The minimum Gasteiger partial charge on any atom is -0.375 e. The van der Waals surface area contributed by atoms with E-state index in [0.717, 1.165) is 0 Å². The molecule has 0 amide bonds. The van der Waals surface area contributed by atoms with Gasteiger partial charge in [-0.3, -0.25) is 4.79 Å². The van der Waals surface area contributed by atoms with Crippen LogP contribution in [0.3, 0.4) is 0 Å². The van der Waals surface area contributed by atoms with Gasteiger partial charge in [0.1, 0.15) is 17.6 Å². The number of hydrogen-bond donors (Lipinski definition) is 0. The second-order valence-corrected chi connectivity index (χ2v) is 7.31. The van der Waals surface area contributed by atoms with Crippen LogP contribution < -0.4 is 5.56 Å². The van der Waals surface area contributed by atoms with E-state index in [1.54, 1.807) is 18.2 Å². The summed E-state index contributed by atoms with van der Waals surface area (Å²) in [5.41, 5.74) is 0.216. The molecule has 0 radical (unpaired) electrons. The lowest BCUT2D eigenvalue weighted by Gasteiger charge is -2.12. The number of nitrogens with zero attached hydrogens (tertiary/aromatic N) is 4. The maximum atomic E-state index is 13.9. The molecular formula is C18H15ClF2N4O2. The van der Waals surface area contributed by atoms with Gasteiger partial charge in [0.15, 0.2) is 5.52 Å². The lowest BCUT2D eigenvalue weighted by atomic mass is 10.2. The molecule has 1 saturated heterocycles. The number of alkyl halides is 1. The largest absolute Gasteiger partial charge is 0.375 e. The van der Waals surface area contributed by atoms with Gasteiger partial charge in [0.25, 0.3) is 5.56 Å². The molecule has 2 fully saturated rings. The molecule has 0 N–H and O–H groups in total. The van der Waals surface area contributed by atoms with Crippen LogP contribution in [0.4, 0.5) is 8.78 Å². The van der Waals surface area contributed by atoms with Gasteiger partial charge < -0.3 is 4.74 Å². The normalized spacial score (nSPS) is 26.5. The predicted octanol–water partition coefficient (Wildman–Crippen LogP) is 2.59. The van der Waals surface area contributed by atoms with E-state index in [1.165, 1.54) is 21.6 Å². The van der Waals surface area contributed by atoms with Crippen molar-refractivity contribution in [3.8, 4) is 0 Å². The summed E-state index contributed by atoms with van der Waals surface area (Å²) in [4.78, 5) is 12.9. The van der Waals surface area contributed by atoms with Gasteiger partial charge in [-0.1, -0.05) is 29.8 Å². The first kappa shape index (κ1) is 16.8. The van der Waals surface area contributed by atoms with Crippen molar-refractivity contribution in [2.45, 2.75) is 18.7 Å². The van der Waals surface area contributed by atoms with Crippen molar-refractivity contribution < 1.29 is 13.5 Å². The van der Waals surface area contributed by atoms with E-state index in [0.29, 0.717) is 17.6 Å². The van der Waals surface area contributed by atoms with Gasteiger partial charge in [0.2, 0.25) is 0 Å². The van der Waals surface area contributed by atoms with Crippen molar-refractivity contribution in [1.82, 2.24) is 19.6 Å². The maximum absolute atomic E-state index is 13.9. The van der Waals surface area contributed by atoms with Crippen LogP contribution in [0.25, 0.3) is 10.9 Å². The fourth-order valence-electron chi connectivity index (χ4n) is 4.04. The molecule has 1 aliphatic carbocycles. The van der Waals surface area contributed by atoms with Crippen molar-refractivity contribution in [3.05, 3.63) is 57.3 Å². The molecule has 0 spiro atoms. The van der Waals surface area contributed by atoms with Crippen molar-refractivity contribution in [1.29, 1.82) is 0 Å². The Labute approximate surface area is 157 Å². The molecule has 1 saturated carbocycles. The molecule has 0 bridgehead atoms. The molecule has 2 aromatic heterocycles. The zero-order chi connectivity index (χ0) is 18.7. The minimum absolute atomic E-state index is 0.0337. The second-order valence-electron chi connectivity index (χ2n) is 6.95. The van der Waals surface area contributed by atoms with Gasteiger partial charge in [-0.2, -0.15) is 10.2 Å². The third-order valence-electron chi connectivity index (χ3n) is 5.48. The van der Waals surface area contributed by atoms with Crippen LogP contribution in [0.5, 0.6) is 0 Å². The van der Waals surface area contributed by atoms with Gasteiger partial charge in [-0.25, -0.2) is 18.1 Å². The van der Waals surface area contributed by atoms with Crippen molar-refractivity contribution in [3.63, 3.8) is 0 Å². The van der Waals surface area contributed by atoms with E-state index in [4.69, 9.17) is 16.3 Å². The van der Waals surface area contributed by atoms with Crippen LogP contribution in [0.15, 0.2) is 35.3 Å². The highest BCUT2D eigenvalue weighted by Gasteiger charge is 2.61. The average Bonchev–Trinajstić information content (AvgIpc) is 3.05. The standard InChI is InChI=1S/C18H15ClF2N4O2/c19-17-10-6-22-25(16-11-8-27-13(5-20)14(11)16)18(26)15(10)23-24(17)7-9-3-1-2-4-12(9)21/h1-4,6,11,13-14,16H,5,7-8H2/t11-,13+,14-,16+/m0/s1. The number of aromatic nitrogens is 4. The summed E-state index contributed by atoms with van der Waals surface area (Å²) in [5, 5.41) is 9.17. The van der Waals surface area contributed by atoms with Crippen LogP contribution in [0.2, 0.25) is 5.15 Å². The zero-order valence-corrected chi connectivity index (χ0v) is 14.8. The second kappa shape index (κ2) is 6.10. The minimum atomic E-state index is -0.572. The fraction of sp³-hybridized carbons (Fsp3) is 0.389. The van der Waals surface area contributed by atoms with E-state index < -0.39 is 12.8 Å². The Kier molecular flexibility index (Phi) is 3.80. The van der Waals surface area contributed by atoms with Gasteiger partial charge >= 0.3 is 0 Å². The van der Waals surface area contributed by atoms with E-state index >= 15 is 0 Å². The van der Waals surface area contributed by atoms with Crippen molar-refractivity contribution in [2.24, 2.45) is 11.8 Å². The summed E-state index contributed by atoms with van der Waals surface area (Å²) in [7, 11) is 0. The Morgan fingerprint density at radius 3 is 2.93 bits per heavy atom. The molecule has 2 aliphatic rings. The van der Waals surface area contributed by atoms with Gasteiger partial charge in [-0.15, -0.1) is 0 Å². The van der Waals surface area contributed by atoms with Crippen LogP contribution in [-0.4, -0.2) is 38.9 Å². The molecule has 5 rings (SSSR count). The maximum Gasteiger partial charge on any atom is 0.295 e.